The van der Waals surface area contributed by atoms with Gasteiger partial charge in [-0.2, -0.15) is 0 Å². The Balaban J connectivity index is 2.04. The van der Waals surface area contributed by atoms with Gasteiger partial charge in [0.05, 0.1) is 12.2 Å². The molecule has 0 saturated heterocycles. The fraction of sp³-hybridized carbons (Fsp3) is 0.350. The molecule has 0 amide bonds. The Kier molecular flexibility index (Phi) is 5.56. The van der Waals surface area contributed by atoms with E-state index in [1.165, 1.54) is 10.4 Å². The first-order valence-electron chi connectivity index (χ1n) is 8.46. The highest BCUT2D eigenvalue weighted by atomic mass is 32.1. The molecule has 2 aromatic rings. The third-order valence-corrected chi connectivity index (χ3v) is 5.07. The largest absolute Gasteiger partial charge is 0.488 e. The Labute approximate surface area is 152 Å². The van der Waals surface area contributed by atoms with Crippen molar-refractivity contribution >= 4 is 22.9 Å². The van der Waals surface area contributed by atoms with Crippen molar-refractivity contribution < 1.29 is 14.3 Å². The molecule has 0 unspecified atom stereocenters. The summed E-state index contributed by atoms with van der Waals surface area (Å²) in [5, 5.41) is 2.09. The van der Waals surface area contributed by atoms with Gasteiger partial charge in [-0.1, -0.05) is 6.08 Å². The lowest BCUT2D eigenvalue weighted by Gasteiger charge is -2.12. The second-order valence-electron chi connectivity index (χ2n) is 6.20. The van der Waals surface area contributed by atoms with E-state index in [9.17, 15) is 4.79 Å². The molecule has 0 saturated carbocycles. The first-order chi connectivity index (χ1) is 12.1. The molecule has 1 aromatic carbocycles. The third kappa shape index (κ3) is 3.94. The highest BCUT2D eigenvalue weighted by Crippen LogP contribution is 2.40. The molecule has 0 fully saturated rings. The maximum atomic E-state index is 12.1. The van der Waals surface area contributed by atoms with Crippen molar-refractivity contribution in [1.29, 1.82) is 0 Å². The minimum atomic E-state index is -0.298. The van der Waals surface area contributed by atoms with Gasteiger partial charge in [0.2, 0.25) is 0 Å². The number of thiophene rings is 1. The lowest BCUT2D eigenvalue weighted by atomic mass is 9.98. The van der Waals surface area contributed by atoms with E-state index in [0.717, 1.165) is 29.9 Å². The number of benzene rings is 1. The summed E-state index contributed by atoms with van der Waals surface area (Å²) in [7, 11) is 4.14. The number of hydrogen-bond donors (Lipinski definition) is 0. The van der Waals surface area contributed by atoms with Crippen LogP contribution in [0.5, 0.6) is 5.75 Å². The summed E-state index contributed by atoms with van der Waals surface area (Å²) in [6, 6.07) is 7.65. The van der Waals surface area contributed by atoms with Crippen molar-refractivity contribution in [1.82, 2.24) is 4.90 Å². The first kappa shape index (κ1) is 17.7. The molecular formula is C20H23NO3S. The number of carbonyl (C=O) groups is 1. The predicted octanol–water partition coefficient (Wildman–Crippen LogP) is 4.20. The molecule has 0 atom stereocenters. The van der Waals surface area contributed by atoms with E-state index in [-0.39, 0.29) is 5.97 Å². The topological polar surface area (TPSA) is 38.8 Å². The zero-order valence-corrected chi connectivity index (χ0v) is 15.7. The van der Waals surface area contributed by atoms with Crippen LogP contribution in [0.4, 0.5) is 0 Å². The van der Waals surface area contributed by atoms with Crippen LogP contribution in [0.1, 0.15) is 39.7 Å². The minimum Gasteiger partial charge on any atom is -0.488 e. The van der Waals surface area contributed by atoms with Crippen LogP contribution in [0.3, 0.4) is 0 Å². The number of esters is 1. The van der Waals surface area contributed by atoms with Gasteiger partial charge < -0.3 is 14.4 Å². The van der Waals surface area contributed by atoms with Crippen molar-refractivity contribution in [3.63, 3.8) is 0 Å². The molecule has 25 heavy (non-hydrogen) atoms. The molecule has 3 rings (SSSR count). The van der Waals surface area contributed by atoms with Crippen molar-refractivity contribution in [3.8, 4) is 5.75 Å². The van der Waals surface area contributed by atoms with Crippen molar-refractivity contribution in [3.05, 3.63) is 57.3 Å². The molecule has 1 aliphatic heterocycles. The van der Waals surface area contributed by atoms with Crippen LogP contribution in [0, 0.1) is 0 Å². The number of rotatable bonds is 5. The van der Waals surface area contributed by atoms with Crippen molar-refractivity contribution in [2.45, 2.75) is 20.0 Å². The maximum Gasteiger partial charge on any atom is 0.338 e. The van der Waals surface area contributed by atoms with E-state index in [1.807, 2.05) is 19.1 Å². The highest BCUT2D eigenvalue weighted by molar-refractivity contribution is 7.11. The van der Waals surface area contributed by atoms with Gasteiger partial charge in [-0.3, -0.25) is 0 Å². The SMILES string of the molecule is CCOC(=O)c1ccc2c(c1)C(=CCCN(C)C)c1sccc1CO2. The molecule has 0 N–H and O–H groups in total. The van der Waals surface area contributed by atoms with Crippen LogP contribution < -0.4 is 4.74 Å². The summed E-state index contributed by atoms with van der Waals surface area (Å²) in [6.07, 6.45) is 3.18. The predicted molar refractivity (Wildman–Crippen MR) is 101 cm³/mol. The van der Waals surface area contributed by atoms with Crippen molar-refractivity contribution in [2.75, 3.05) is 27.2 Å². The first-order valence-corrected chi connectivity index (χ1v) is 9.34. The van der Waals surface area contributed by atoms with Gasteiger partial charge in [-0.25, -0.2) is 4.79 Å². The number of fused-ring (bicyclic) bond motifs is 2. The zero-order chi connectivity index (χ0) is 17.8. The van der Waals surface area contributed by atoms with E-state index in [1.54, 1.807) is 17.4 Å². The summed E-state index contributed by atoms with van der Waals surface area (Å²) in [5.41, 5.74) is 3.86. The second kappa shape index (κ2) is 7.85. The fourth-order valence-corrected chi connectivity index (χ4v) is 3.81. The van der Waals surface area contributed by atoms with Gasteiger partial charge in [0, 0.05) is 22.5 Å². The Morgan fingerprint density at radius 3 is 2.96 bits per heavy atom. The summed E-state index contributed by atoms with van der Waals surface area (Å²) < 4.78 is 11.1. The molecule has 4 nitrogen and oxygen atoms in total. The van der Waals surface area contributed by atoms with E-state index in [4.69, 9.17) is 9.47 Å². The third-order valence-electron chi connectivity index (χ3n) is 4.08. The van der Waals surface area contributed by atoms with E-state index >= 15 is 0 Å². The second-order valence-corrected chi connectivity index (χ2v) is 7.12. The normalized spacial score (nSPS) is 14.6. The Morgan fingerprint density at radius 2 is 2.20 bits per heavy atom. The minimum absolute atomic E-state index is 0.298. The van der Waals surface area contributed by atoms with E-state index in [0.29, 0.717) is 18.8 Å². The summed E-state index contributed by atoms with van der Waals surface area (Å²) in [6.45, 7) is 3.70. The molecule has 1 aliphatic rings. The van der Waals surface area contributed by atoms with Gasteiger partial charge in [-0.15, -0.1) is 11.3 Å². The van der Waals surface area contributed by atoms with Crippen LogP contribution in [0.25, 0.3) is 5.57 Å². The molecule has 0 spiro atoms. The van der Waals surface area contributed by atoms with Crippen LogP contribution in [-0.4, -0.2) is 38.1 Å². The van der Waals surface area contributed by atoms with Crippen molar-refractivity contribution in [2.24, 2.45) is 0 Å². The smallest absolute Gasteiger partial charge is 0.338 e. The Morgan fingerprint density at radius 1 is 1.36 bits per heavy atom. The van der Waals surface area contributed by atoms with Gasteiger partial charge in [0.1, 0.15) is 12.4 Å². The van der Waals surface area contributed by atoms with Crippen LogP contribution in [-0.2, 0) is 11.3 Å². The average Bonchev–Trinajstić information content (AvgIpc) is 3.00. The molecule has 2 heterocycles. The zero-order valence-electron chi connectivity index (χ0n) is 14.9. The molecular weight excluding hydrogens is 334 g/mol. The van der Waals surface area contributed by atoms with Gasteiger partial charge in [-0.05, 0) is 62.7 Å². The monoisotopic (exact) mass is 357 g/mol. The van der Waals surface area contributed by atoms with Crippen LogP contribution in [0.2, 0.25) is 0 Å². The van der Waals surface area contributed by atoms with E-state index in [2.05, 4.69) is 36.5 Å². The molecule has 0 radical (unpaired) electrons. The van der Waals surface area contributed by atoms with Gasteiger partial charge in [0.15, 0.2) is 0 Å². The quantitative estimate of drug-likeness (QED) is 0.752. The average molecular weight is 357 g/mol. The number of nitrogens with zero attached hydrogens (tertiary/aromatic N) is 1. The van der Waals surface area contributed by atoms with Crippen LogP contribution >= 0.6 is 11.3 Å². The number of hydrogen-bond acceptors (Lipinski definition) is 5. The molecule has 1 aromatic heterocycles. The number of ether oxygens (including phenoxy) is 2. The lowest BCUT2D eigenvalue weighted by molar-refractivity contribution is 0.0526. The summed E-state index contributed by atoms with van der Waals surface area (Å²) in [4.78, 5) is 15.5. The molecule has 5 heteroatoms. The van der Waals surface area contributed by atoms with Gasteiger partial charge in [0.25, 0.3) is 0 Å². The Bertz CT molecular complexity index is 792. The standard InChI is InChI=1S/C20H23NO3S/c1-4-23-20(22)14-7-8-18-17(12-14)16(6-5-10-21(2)3)19-15(13-24-18)9-11-25-19/h6-9,11-12H,4-5,10,13H2,1-3H3. The Hall–Kier alpha value is -2.11. The number of carbonyl (C=O) groups excluding carboxylic acids is 1. The van der Waals surface area contributed by atoms with Crippen LogP contribution in [0.15, 0.2) is 35.7 Å². The fourth-order valence-electron chi connectivity index (χ4n) is 2.84. The summed E-state index contributed by atoms with van der Waals surface area (Å²) in [5.74, 6) is 0.515. The highest BCUT2D eigenvalue weighted by Gasteiger charge is 2.22. The summed E-state index contributed by atoms with van der Waals surface area (Å²) >= 11 is 1.72. The molecule has 0 bridgehead atoms. The molecule has 132 valence electrons. The van der Waals surface area contributed by atoms with Gasteiger partial charge >= 0.3 is 5.97 Å². The van der Waals surface area contributed by atoms with E-state index < -0.39 is 0 Å². The molecule has 0 aliphatic carbocycles. The lowest BCUT2D eigenvalue weighted by Crippen LogP contribution is -2.12. The maximum absolute atomic E-state index is 12.1.